The van der Waals surface area contributed by atoms with E-state index in [2.05, 4.69) is 12.0 Å². The third-order valence-electron chi connectivity index (χ3n) is 2.31. The molecule has 0 aliphatic rings. The zero-order chi connectivity index (χ0) is 11.4. The third-order valence-corrected chi connectivity index (χ3v) is 2.59. The van der Waals surface area contributed by atoms with Gasteiger partial charge in [0, 0.05) is 20.6 Å². The van der Waals surface area contributed by atoms with E-state index in [1.165, 1.54) is 12.8 Å². The molecule has 0 aliphatic carbocycles. The number of hydrogen-bond acceptors (Lipinski definition) is 3. The largest absolute Gasteiger partial charge is 0.393 e. The predicted octanol–water partition coefficient (Wildman–Crippen LogP) is 2.37. The Labute approximate surface area is 96.0 Å². The van der Waals surface area contributed by atoms with Crippen LogP contribution in [0.4, 0.5) is 11.5 Å². The highest BCUT2D eigenvalue weighted by Crippen LogP contribution is 2.28. The Balaban J connectivity index is 2.82. The molecule has 5 heteroatoms. The fourth-order valence-electron chi connectivity index (χ4n) is 1.58. The molecule has 0 radical (unpaired) electrons. The second kappa shape index (κ2) is 5.26. The van der Waals surface area contributed by atoms with Gasteiger partial charge in [-0.3, -0.25) is 0 Å². The van der Waals surface area contributed by atoms with Crippen molar-refractivity contribution in [2.45, 2.75) is 32.7 Å². The van der Waals surface area contributed by atoms with Crippen LogP contribution in [-0.4, -0.2) is 23.9 Å². The summed E-state index contributed by atoms with van der Waals surface area (Å²) in [6.07, 6.45) is 3.50. The summed E-state index contributed by atoms with van der Waals surface area (Å²) in [5.74, 6) is 0.899. The minimum absolute atomic E-state index is 0.398. The first-order valence-electron chi connectivity index (χ1n) is 5.27. The van der Waals surface area contributed by atoms with Gasteiger partial charge in [-0.25, -0.2) is 4.68 Å². The van der Waals surface area contributed by atoms with Crippen LogP contribution in [0, 0.1) is 0 Å². The van der Waals surface area contributed by atoms with Gasteiger partial charge >= 0.3 is 0 Å². The monoisotopic (exact) mass is 230 g/mol. The number of unbranched alkanes of at least 4 members (excludes halogenated alkanes) is 2. The fourth-order valence-corrected chi connectivity index (χ4v) is 1.75. The van der Waals surface area contributed by atoms with Crippen molar-refractivity contribution in [3.8, 4) is 0 Å². The van der Waals surface area contributed by atoms with E-state index in [0.717, 1.165) is 18.8 Å². The maximum atomic E-state index is 5.91. The molecular weight excluding hydrogens is 212 g/mol. The highest BCUT2D eigenvalue weighted by Gasteiger charge is 2.14. The lowest BCUT2D eigenvalue weighted by molar-refractivity contribution is 0.553. The summed E-state index contributed by atoms with van der Waals surface area (Å²) in [4.78, 5) is 1.94. The maximum Gasteiger partial charge on any atom is 0.176 e. The van der Waals surface area contributed by atoms with Crippen LogP contribution in [0.2, 0.25) is 5.15 Å². The highest BCUT2D eigenvalue weighted by atomic mass is 35.5. The lowest BCUT2D eigenvalue weighted by atomic mass is 10.2. The topological polar surface area (TPSA) is 47.1 Å². The van der Waals surface area contributed by atoms with Crippen molar-refractivity contribution >= 4 is 23.1 Å². The SMILES string of the molecule is CCCCCn1nc(Cl)c(N)c1N(C)C. The molecule has 0 saturated heterocycles. The van der Waals surface area contributed by atoms with E-state index in [-0.39, 0.29) is 0 Å². The van der Waals surface area contributed by atoms with E-state index in [1.54, 1.807) is 0 Å². The van der Waals surface area contributed by atoms with Gasteiger partial charge in [0.15, 0.2) is 11.0 Å². The molecule has 2 N–H and O–H groups in total. The first-order valence-corrected chi connectivity index (χ1v) is 5.64. The zero-order valence-corrected chi connectivity index (χ0v) is 10.4. The van der Waals surface area contributed by atoms with E-state index in [0.29, 0.717) is 10.8 Å². The number of rotatable bonds is 5. The minimum atomic E-state index is 0.398. The Hall–Kier alpha value is -0.900. The van der Waals surface area contributed by atoms with E-state index in [9.17, 15) is 0 Å². The van der Waals surface area contributed by atoms with Crippen LogP contribution in [0.5, 0.6) is 0 Å². The van der Waals surface area contributed by atoms with Crippen molar-refractivity contribution in [2.75, 3.05) is 24.7 Å². The second-order valence-corrected chi connectivity index (χ2v) is 4.21. The summed E-state index contributed by atoms with van der Waals surface area (Å²) in [6.45, 7) is 3.05. The maximum absolute atomic E-state index is 5.91. The lowest BCUT2D eigenvalue weighted by Gasteiger charge is -2.15. The Morgan fingerprint density at radius 2 is 2.07 bits per heavy atom. The van der Waals surface area contributed by atoms with Crippen molar-refractivity contribution in [3.63, 3.8) is 0 Å². The van der Waals surface area contributed by atoms with Crippen LogP contribution in [0.1, 0.15) is 26.2 Å². The van der Waals surface area contributed by atoms with Crippen molar-refractivity contribution < 1.29 is 0 Å². The number of aromatic nitrogens is 2. The van der Waals surface area contributed by atoms with Gasteiger partial charge in [-0.1, -0.05) is 31.4 Å². The number of anilines is 2. The number of nitrogen functional groups attached to an aromatic ring is 1. The molecule has 0 bridgehead atoms. The molecule has 0 aliphatic heterocycles. The molecule has 0 atom stereocenters. The zero-order valence-electron chi connectivity index (χ0n) is 9.63. The van der Waals surface area contributed by atoms with Gasteiger partial charge in [-0.15, -0.1) is 0 Å². The molecule has 0 spiro atoms. The first-order chi connectivity index (χ1) is 7.07. The van der Waals surface area contributed by atoms with E-state index in [1.807, 2.05) is 23.7 Å². The van der Waals surface area contributed by atoms with Crippen LogP contribution < -0.4 is 10.6 Å². The van der Waals surface area contributed by atoms with Gasteiger partial charge in [-0.05, 0) is 6.42 Å². The van der Waals surface area contributed by atoms with Gasteiger partial charge in [0.2, 0.25) is 0 Å². The molecule has 1 rings (SSSR count). The third kappa shape index (κ3) is 2.78. The van der Waals surface area contributed by atoms with Gasteiger partial charge in [0.25, 0.3) is 0 Å². The molecule has 4 nitrogen and oxygen atoms in total. The van der Waals surface area contributed by atoms with Crippen LogP contribution in [0.25, 0.3) is 0 Å². The number of hydrogen-bond donors (Lipinski definition) is 1. The Bertz CT molecular complexity index is 319. The molecule has 15 heavy (non-hydrogen) atoms. The van der Waals surface area contributed by atoms with E-state index >= 15 is 0 Å². The predicted molar refractivity (Wildman–Crippen MR) is 65.5 cm³/mol. The molecule has 0 aromatic carbocycles. The Morgan fingerprint density at radius 3 is 2.60 bits per heavy atom. The molecular formula is C10H19ClN4. The molecule has 0 amide bonds. The average Bonchev–Trinajstić information content (AvgIpc) is 2.43. The van der Waals surface area contributed by atoms with Crippen LogP contribution >= 0.6 is 11.6 Å². The highest BCUT2D eigenvalue weighted by molar-refractivity contribution is 6.32. The number of aryl methyl sites for hydroxylation is 1. The van der Waals surface area contributed by atoms with Crippen LogP contribution in [0.15, 0.2) is 0 Å². The first kappa shape index (κ1) is 12.2. The number of nitrogens with two attached hydrogens (primary N) is 1. The normalized spacial score (nSPS) is 10.7. The van der Waals surface area contributed by atoms with E-state index < -0.39 is 0 Å². The van der Waals surface area contributed by atoms with Gasteiger partial charge in [0.05, 0.1) is 0 Å². The second-order valence-electron chi connectivity index (χ2n) is 3.85. The quantitative estimate of drug-likeness (QED) is 0.791. The van der Waals surface area contributed by atoms with Gasteiger partial charge in [-0.2, -0.15) is 5.10 Å². The molecule has 0 fully saturated rings. The summed E-state index contributed by atoms with van der Waals surface area (Å²) < 4.78 is 1.88. The number of nitrogens with zero attached hydrogens (tertiary/aromatic N) is 3. The molecule has 1 heterocycles. The minimum Gasteiger partial charge on any atom is -0.393 e. The molecule has 86 valence electrons. The van der Waals surface area contributed by atoms with Crippen molar-refractivity contribution in [3.05, 3.63) is 5.15 Å². The average molecular weight is 231 g/mol. The standard InChI is InChI=1S/C10H19ClN4/c1-4-5-6-7-15-10(14(2)3)8(12)9(11)13-15/h4-7,12H2,1-3H3. The smallest absolute Gasteiger partial charge is 0.176 e. The Kier molecular flexibility index (Phi) is 4.27. The van der Waals surface area contributed by atoms with Crippen LogP contribution in [-0.2, 0) is 6.54 Å². The molecule has 0 unspecified atom stereocenters. The summed E-state index contributed by atoms with van der Waals surface area (Å²) in [5.41, 5.74) is 6.42. The molecule has 1 aromatic heterocycles. The number of halogens is 1. The molecule has 1 aromatic rings. The summed E-state index contributed by atoms with van der Waals surface area (Å²) in [5, 5.41) is 4.62. The fraction of sp³-hybridized carbons (Fsp3) is 0.700. The summed E-state index contributed by atoms with van der Waals surface area (Å²) in [6, 6.07) is 0. The molecule has 0 saturated carbocycles. The van der Waals surface area contributed by atoms with Crippen molar-refractivity contribution in [2.24, 2.45) is 0 Å². The lowest BCUT2D eigenvalue weighted by Crippen LogP contribution is -2.16. The van der Waals surface area contributed by atoms with Crippen molar-refractivity contribution in [1.29, 1.82) is 0 Å². The van der Waals surface area contributed by atoms with E-state index in [4.69, 9.17) is 17.3 Å². The summed E-state index contributed by atoms with van der Waals surface area (Å²) in [7, 11) is 3.89. The summed E-state index contributed by atoms with van der Waals surface area (Å²) >= 11 is 5.91. The van der Waals surface area contributed by atoms with Gasteiger partial charge in [0.1, 0.15) is 5.69 Å². The van der Waals surface area contributed by atoms with Crippen molar-refractivity contribution in [1.82, 2.24) is 9.78 Å². The van der Waals surface area contributed by atoms with Crippen LogP contribution in [0.3, 0.4) is 0 Å². The van der Waals surface area contributed by atoms with Gasteiger partial charge < -0.3 is 10.6 Å². The Morgan fingerprint density at radius 1 is 1.40 bits per heavy atom.